The van der Waals surface area contributed by atoms with E-state index in [9.17, 15) is 0 Å². The number of hydrogen-bond acceptors (Lipinski definition) is 4. The van der Waals surface area contributed by atoms with Crippen molar-refractivity contribution in [2.45, 2.75) is 64.0 Å². The van der Waals surface area contributed by atoms with E-state index >= 15 is 0 Å². The van der Waals surface area contributed by atoms with Crippen LogP contribution in [0.1, 0.15) is 62.9 Å². The normalized spacial score (nSPS) is 19.8. The molecule has 0 spiro atoms. The van der Waals surface area contributed by atoms with Gasteiger partial charge in [0.05, 0.1) is 0 Å². The number of methoxy groups -OCH3 is 1. The van der Waals surface area contributed by atoms with Gasteiger partial charge in [0.25, 0.3) is 0 Å². The number of ether oxygens (including phenoxy) is 1. The molecular formula is C16H27N3O. The van der Waals surface area contributed by atoms with Gasteiger partial charge in [-0.25, -0.2) is 9.97 Å². The Morgan fingerprint density at radius 3 is 2.45 bits per heavy atom. The first-order valence-electron chi connectivity index (χ1n) is 7.83. The molecule has 2 atom stereocenters. The van der Waals surface area contributed by atoms with Crippen LogP contribution in [0.2, 0.25) is 0 Å². The summed E-state index contributed by atoms with van der Waals surface area (Å²) in [4.78, 5) is 9.04. The summed E-state index contributed by atoms with van der Waals surface area (Å²) >= 11 is 0. The van der Waals surface area contributed by atoms with E-state index in [1.165, 1.54) is 32.1 Å². The van der Waals surface area contributed by atoms with Crippen LogP contribution in [0.5, 0.6) is 0 Å². The Kier molecular flexibility index (Phi) is 5.92. The lowest BCUT2D eigenvalue weighted by Crippen LogP contribution is -2.22. The standard InChI is InChI=1S/C16H27N3O/c1-3-14(17)9-12-10-18-16(19-11-12)15(20-2)13-7-5-4-6-8-13/h10-11,13-15H,3-9,17H2,1-2H3. The highest BCUT2D eigenvalue weighted by Crippen LogP contribution is 2.34. The summed E-state index contributed by atoms with van der Waals surface area (Å²) in [6.07, 6.45) is 12.1. The minimum Gasteiger partial charge on any atom is -0.373 e. The summed E-state index contributed by atoms with van der Waals surface area (Å²) in [5, 5.41) is 0. The van der Waals surface area contributed by atoms with Gasteiger partial charge in [0.1, 0.15) is 6.10 Å². The van der Waals surface area contributed by atoms with E-state index in [2.05, 4.69) is 16.9 Å². The molecule has 1 aliphatic rings. The fraction of sp³-hybridized carbons (Fsp3) is 0.750. The van der Waals surface area contributed by atoms with Crippen LogP contribution in [0.25, 0.3) is 0 Å². The zero-order valence-corrected chi connectivity index (χ0v) is 12.7. The Morgan fingerprint density at radius 2 is 1.90 bits per heavy atom. The summed E-state index contributed by atoms with van der Waals surface area (Å²) in [6, 6.07) is 0.195. The summed E-state index contributed by atoms with van der Waals surface area (Å²) in [6.45, 7) is 2.10. The molecule has 1 fully saturated rings. The monoisotopic (exact) mass is 277 g/mol. The first kappa shape index (κ1) is 15.4. The Labute approximate surface area is 122 Å². The zero-order valence-electron chi connectivity index (χ0n) is 12.7. The molecule has 2 unspecified atom stereocenters. The number of nitrogens with zero attached hydrogens (tertiary/aromatic N) is 2. The van der Waals surface area contributed by atoms with Crippen molar-refractivity contribution in [2.75, 3.05) is 7.11 Å². The summed E-state index contributed by atoms with van der Waals surface area (Å²) in [5.74, 6) is 1.39. The molecule has 0 bridgehead atoms. The fourth-order valence-corrected chi connectivity index (χ4v) is 3.01. The van der Waals surface area contributed by atoms with Crippen molar-refractivity contribution in [1.29, 1.82) is 0 Å². The lowest BCUT2D eigenvalue weighted by molar-refractivity contribution is 0.0288. The zero-order chi connectivity index (χ0) is 14.4. The molecule has 0 aliphatic heterocycles. The molecule has 1 aliphatic carbocycles. The molecule has 0 amide bonds. The van der Waals surface area contributed by atoms with Gasteiger partial charge in [-0.1, -0.05) is 26.2 Å². The molecule has 0 aromatic carbocycles. The third-order valence-electron chi connectivity index (χ3n) is 4.33. The van der Waals surface area contributed by atoms with Gasteiger partial charge >= 0.3 is 0 Å². The molecule has 4 nitrogen and oxygen atoms in total. The number of nitrogens with two attached hydrogens (primary N) is 1. The Morgan fingerprint density at radius 1 is 1.25 bits per heavy atom. The van der Waals surface area contributed by atoms with E-state index in [4.69, 9.17) is 10.5 Å². The molecule has 1 aromatic rings. The van der Waals surface area contributed by atoms with Gasteiger partial charge in [0.2, 0.25) is 0 Å². The van der Waals surface area contributed by atoms with E-state index in [1.54, 1.807) is 7.11 Å². The SMILES string of the molecule is CCC(N)Cc1cnc(C(OC)C2CCCCC2)nc1. The van der Waals surface area contributed by atoms with Crippen LogP contribution >= 0.6 is 0 Å². The second-order valence-corrected chi connectivity index (χ2v) is 5.88. The largest absolute Gasteiger partial charge is 0.373 e. The highest BCUT2D eigenvalue weighted by molar-refractivity contribution is 5.08. The topological polar surface area (TPSA) is 61.0 Å². The second-order valence-electron chi connectivity index (χ2n) is 5.88. The molecule has 2 rings (SSSR count). The van der Waals surface area contributed by atoms with Crippen molar-refractivity contribution in [3.05, 3.63) is 23.8 Å². The summed E-state index contributed by atoms with van der Waals surface area (Å²) in [5.41, 5.74) is 7.08. The van der Waals surface area contributed by atoms with Gasteiger partial charge in [0, 0.05) is 25.5 Å². The van der Waals surface area contributed by atoms with Crippen LogP contribution in [0.3, 0.4) is 0 Å². The highest BCUT2D eigenvalue weighted by atomic mass is 16.5. The van der Waals surface area contributed by atoms with Crippen molar-refractivity contribution >= 4 is 0 Å². The number of hydrogen-bond donors (Lipinski definition) is 1. The molecule has 1 heterocycles. The molecule has 20 heavy (non-hydrogen) atoms. The van der Waals surface area contributed by atoms with Gasteiger partial charge in [-0.3, -0.25) is 0 Å². The lowest BCUT2D eigenvalue weighted by Gasteiger charge is -2.28. The second kappa shape index (κ2) is 7.70. The van der Waals surface area contributed by atoms with Crippen molar-refractivity contribution in [2.24, 2.45) is 11.7 Å². The smallest absolute Gasteiger partial charge is 0.157 e. The predicted molar refractivity (Wildman–Crippen MR) is 80.3 cm³/mol. The van der Waals surface area contributed by atoms with Crippen LogP contribution in [0, 0.1) is 5.92 Å². The predicted octanol–water partition coefficient (Wildman–Crippen LogP) is 3.02. The maximum Gasteiger partial charge on any atom is 0.157 e. The van der Waals surface area contributed by atoms with Gasteiger partial charge in [0.15, 0.2) is 5.82 Å². The van der Waals surface area contributed by atoms with Crippen LogP contribution in [-0.4, -0.2) is 23.1 Å². The third kappa shape index (κ3) is 4.00. The minimum absolute atomic E-state index is 0.0456. The van der Waals surface area contributed by atoms with Gasteiger partial charge in [-0.2, -0.15) is 0 Å². The number of aromatic nitrogens is 2. The highest BCUT2D eigenvalue weighted by Gasteiger charge is 2.26. The number of rotatable bonds is 6. The average molecular weight is 277 g/mol. The quantitative estimate of drug-likeness (QED) is 0.868. The van der Waals surface area contributed by atoms with Crippen LogP contribution in [0.15, 0.2) is 12.4 Å². The van der Waals surface area contributed by atoms with E-state index in [0.29, 0.717) is 5.92 Å². The van der Waals surface area contributed by atoms with Crippen LogP contribution < -0.4 is 5.73 Å². The molecule has 2 N–H and O–H groups in total. The van der Waals surface area contributed by atoms with E-state index in [0.717, 1.165) is 24.2 Å². The minimum atomic E-state index is 0.0456. The van der Waals surface area contributed by atoms with Crippen molar-refractivity contribution in [1.82, 2.24) is 9.97 Å². The summed E-state index contributed by atoms with van der Waals surface area (Å²) in [7, 11) is 1.77. The van der Waals surface area contributed by atoms with Crippen molar-refractivity contribution in [3.8, 4) is 0 Å². The molecule has 1 saturated carbocycles. The lowest BCUT2D eigenvalue weighted by atomic mass is 9.85. The summed E-state index contributed by atoms with van der Waals surface area (Å²) < 4.78 is 5.67. The van der Waals surface area contributed by atoms with Crippen molar-refractivity contribution < 1.29 is 4.74 Å². The Hall–Kier alpha value is -1.00. The Bertz CT molecular complexity index is 387. The molecule has 4 heteroatoms. The molecule has 1 aromatic heterocycles. The van der Waals surface area contributed by atoms with Gasteiger partial charge in [-0.15, -0.1) is 0 Å². The Balaban J connectivity index is 2.02. The average Bonchev–Trinajstić information content (AvgIpc) is 2.50. The van der Waals surface area contributed by atoms with Gasteiger partial charge < -0.3 is 10.5 Å². The molecule has 0 saturated heterocycles. The molecule has 0 radical (unpaired) electrons. The first-order chi connectivity index (χ1) is 9.74. The van der Waals surface area contributed by atoms with Crippen LogP contribution in [0.4, 0.5) is 0 Å². The molecular weight excluding hydrogens is 250 g/mol. The van der Waals surface area contributed by atoms with E-state index in [-0.39, 0.29) is 12.1 Å². The molecule has 112 valence electrons. The van der Waals surface area contributed by atoms with Gasteiger partial charge in [-0.05, 0) is 37.2 Å². The van der Waals surface area contributed by atoms with Crippen LogP contribution in [-0.2, 0) is 11.2 Å². The maximum absolute atomic E-state index is 5.97. The van der Waals surface area contributed by atoms with E-state index in [1.807, 2.05) is 12.4 Å². The third-order valence-corrected chi connectivity index (χ3v) is 4.33. The maximum atomic E-state index is 5.97. The fourth-order valence-electron chi connectivity index (χ4n) is 3.01. The van der Waals surface area contributed by atoms with E-state index < -0.39 is 0 Å². The van der Waals surface area contributed by atoms with Crippen molar-refractivity contribution in [3.63, 3.8) is 0 Å². The first-order valence-corrected chi connectivity index (χ1v) is 7.83.